The second kappa shape index (κ2) is 4.34. The molecule has 0 saturated heterocycles. The fourth-order valence-electron chi connectivity index (χ4n) is 1.81. The molecular weight excluding hydrogens is 255 g/mol. The topological polar surface area (TPSA) is 43.1 Å². The highest BCUT2D eigenvalue weighted by molar-refractivity contribution is 6.29. The number of hydrogen-bond acceptors (Lipinski definition) is 3. The minimum Gasteiger partial charge on any atom is -0.266 e. The summed E-state index contributed by atoms with van der Waals surface area (Å²) < 4.78 is 14.8. The van der Waals surface area contributed by atoms with Crippen molar-refractivity contribution in [3.63, 3.8) is 0 Å². The molecule has 2 heterocycles. The summed E-state index contributed by atoms with van der Waals surface area (Å²) in [7, 11) is 0. The molecule has 18 heavy (non-hydrogen) atoms. The van der Waals surface area contributed by atoms with E-state index in [-0.39, 0.29) is 5.82 Å². The summed E-state index contributed by atoms with van der Waals surface area (Å²) >= 11 is 6.05. The third kappa shape index (κ3) is 1.93. The van der Waals surface area contributed by atoms with Gasteiger partial charge >= 0.3 is 0 Å². The Hall–Kier alpha value is -2.01. The van der Waals surface area contributed by atoms with Crippen LogP contribution in [0.1, 0.15) is 11.4 Å². The van der Waals surface area contributed by atoms with Gasteiger partial charge in [0.1, 0.15) is 16.8 Å². The highest BCUT2D eigenvalue weighted by atomic mass is 35.5. The van der Waals surface area contributed by atoms with Crippen molar-refractivity contribution in [2.45, 2.75) is 6.42 Å². The van der Waals surface area contributed by atoms with Gasteiger partial charge in [-0.2, -0.15) is 0 Å². The van der Waals surface area contributed by atoms with Gasteiger partial charge in [0.2, 0.25) is 0 Å². The van der Waals surface area contributed by atoms with Crippen LogP contribution in [0.4, 0.5) is 4.39 Å². The first kappa shape index (κ1) is 11.1. The van der Waals surface area contributed by atoms with E-state index in [0.717, 1.165) is 5.56 Å². The Kier molecular flexibility index (Phi) is 2.68. The second-order valence-electron chi connectivity index (χ2n) is 3.85. The molecule has 6 heteroatoms. The normalized spacial score (nSPS) is 11.0. The Labute approximate surface area is 107 Å². The van der Waals surface area contributed by atoms with Crippen molar-refractivity contribution in [2.24, 2.45) is 0 Å². The highest BCUT2D eigenvalue weighted by Gasteiger charge is 2.09. The second-order valence-corrected chi connectivity index (χ2v) is 4.23. The number of benzene rings is 1. The molecule has 0 aliphatic rings. The van der Waals surface area contributed by atoms with E-state index in [1.165, 1.54) is 18.3 Å². The van der Waals surface area contributed by atoms with Crippen molar-refractivity contribution in [2.75, 3.05) is 0 Å². The molecular formula is C12H8ClFN4. The maximum Gasteiger partial charge on any atom is 0.180 e. The van der Waals surface area contributed by atoms with Gasteiger partial charge in [0, 0.05) is 6.42 Å². The van der Waals surface area contributed by atoms with E-state index in [4.69, 9.17) is 11.6 Å². The number of aromatic nitrogens is 4. The van der Waals surface area contributed by atoms with E-state index in [1.807, 2.05) is 6.07 Å². The van der Waals surface area contributed by atoms with Crippen LogP contribution in [0.25, 0.3) is 5.65 Å². The van der Waals surface area contributed by atoms with Gasteiger partial charge in [-0.25, -0.2) is 4.39 Å². The van der Waals surface area contributed by atoms with Gasteiger partial charge in [0.25, 0.3) is 0 Å². The van der Waals surface area contributed by atoms with Gasteiger partial charge in [0.15, 0.2) is 5.65 Å². The van der Waals surface area contributed by atoms with E-state index >= 15 is 0 Å². The monoisotopic (exact) mass is 262 g/mol. The lowest BCUT2D eigenvalue weighted by molar-refractivity contribution is 0.625. The van der Waals surface area contributed by atoms with Crippen LogP contribution in [0.15, 0.2) is 36.7 Å². The molecule has 0 saturated carbocycles. The smallest absolute Gasteiger partial charge is 0.180 e. The van der Waals surface area contributed by atoms with Crippen LogP contribution < -0.4 is 0 Å². The molecule has 0 N–H and O–H groups in total. The van der Waals surface area contributed by atoms with E-state index in [0.29, 0.717) is 23.0 Å². The molecule has 4 nitrogen and oxygen atoms in total. The van der Waals surface area contributed by atoms with Gasteiger partial charge in [-0.3, -0.25) is 9.38 Å². The van der Waals surface area contributed by atoms with Gasteiger partial charge in [-0.05, 0) is 17.7 Å². The van der Waals surface area contributed by atoms with Crippen LogP contribution in [0.3, 0.4) is 0 Å². The molecule has 2 aromatic heterocycles. The summed E-state index contributed by atoms with van der Waals surface area (Å²) in [4.78, 5) is 3.93. The first-order valence-corrected chi connectivity index (χ1v) is 5.70. The molecule has 3 aromatic rings. The molecule has 0 radical (unpaired) electrons. The number of rotatable bonds is 2. The van der Waals surface area contributed by atoms with Crippen molar-refractivity contribution in [1.82, 2.24) is 19.6 Å². The predicted molar refractivity (Wildman–Crippen MR) is 65.0 cm³/mol. The Morgan fingerprint density at radius 1 is 1.22 bits per heavy atom. The first-order chi connectivity index (χ1) is 8.74. The van der Waals surface area contributed by atoms with Crippen LogP contribution in [0.5, 0.6) is 0 Å². The summed E-state index contributed by atoms with van der Waals surface area (Å²) in [6, 6.07) is 6.37. The third-order valence-corrected chi connectivity index (χ3v) is 2.86. The quantitative estimate of drug-likeness (QED) is 0.713. The number of hydrogen-bond donors (Lipinski definition) is 0. The van der Waals surface area contributed by atoms with Crippen molar-refractivity contribution >= 4 is 17.2 Å². The van der Waals surface area contributed by atoms with E-state index < -0.39 is 0 Å². The SMILES string of the molecule is Fc1cccc(Cc2nnc3cncc(Cl)n23)c1. The summed E-state index contributed by atoms with van der Waals surface area (Å²) in [6.07, 6.45) is 3.56. The van der Waals surface area contributed by atoms with Crippen LogP contribution in [-0.2, 0) is 6.42 Å². The average Bonchev–Trinajstić information content (AvgIpc) is 2.74. The fraction of sp³-hybridized carbons (Fsp3) is 0.0833. The summed E-state index contributed by atoms with van der Waals surface area (Å²) in [5.41, 5.74) is 1.39. The molecule has 0 fully saturated rings. The lowest BCUT2D eigenvalue weighted by Crippen LogP contribution is -1.98. The predicted octanol–water partition coefficient (Wildman–Crippen LogP) is 2.51. The van der Waals surface area contributed by atoms with Crippen molar-refractivity contribution in [3.05, 3.63) is 59.0 Å². The molecule has 0 aliphatic heterocycles. The zero-order chi connectivity index (χ0) is 12.5. The lowest BCUT2D eigenvalue weighted by atomic mass is 10.1. The van der Waals surface area contributed by atoms with Crippen LogP contribution in [0.2, 0.25) is 5.15 Å². The number of fused-ring (bicyclic) bond motifs is 1. The molecule has 0 unspecified atom stereocenters. The molecule has 0 atom stereocenters. The average molecular weight is 263 g/mol. The van der Waals surface area contributed by atoms with Crippen molar-refractivity contribution in [3.8, 4) is 0 Å². The number of nitrogens with zero attached hydrogens (tertiary/aromatic N) is 4. The van der Waals surface area contributed by atoms with Crippen molar-refractivity contribution in [1.29, 1.82) is 0 Å². The Morgan fingerprint density at radius 2 is 2.11 bits per heavy atom. The minimum atomic E-state index is -0.269. The number of halogens is 2. The standard InChI is InChI=1S/C12H8ClFN4/c13-10-6-15-7-12-17-16-11(18(10)12)5-8-2-1-3-9(14)4-8/h1-4,6-7H,5H2. The molecule has 0 bridgehead atoms. The lowest BCUT2D eigenvalue weighted by Gasteiger charge is -2.02. The Bertz CT molecular complexity index is 710. The maximum absolute atomic E-state index is 13.1. The first-order valence-electron chi connectivity index (χ1n) is 5.32. The summed E-state index contributed by atoms with van der Waals surface area (Å²) in [6.45, 7) is 0. The van der Waals surface area contributed by atoms with Gasteiger partial charge in [0.05, 0.1) is 12.4 Å². The van der Waals surface area contributed by atoms with Gasteiger partial charge < -0.3 is 0 Å². The Morgan fingerprint density at radius 3 is 2.94 bits per heavy atom. The van der Waals surface area contributed by atoms with Crippen LogP contribution in [0, 0.1) is 5.82 Å². The minimum absolute atomic E-state index is 0.269. The third-order valence-electron chi connectivity index (χ3n) is 2.59. The molecule has 90 valence electrons. The molecule has 1 aromatic carbocycles. The molecule has 0 amide bonds. The zero-order valence-electron chi connectivity index (χ0n) is 9.22. The highest BCUT2D eigenvalue weighted by Crippen LogP contribution is 2.15. The summed E-state index contributed by atoms with van der Waals surface area (Å²) in [5, 5.41) is 8.45. The van der Waals surface area contributed by atoms with E-state index in [2.05, 4.69) is 15.2 Å². The summed E-state index contributed by atoms with van der Waals surface area (Å²) in [5.74, 6) is 0.386. The zero-order valence-corrected chi connectivity index (χ0v) is 9.97. The van der Waals surface area contributed by atoms with Gasteiger partial charge in [-0.1, -0.05) is 23.7 Å². The fourth-order valence-corrected chi connectivity index (χ4v) is 2.05. The Balaban J connectivity index is 2.05. The molecule has 0 spiro atoms. The largest absolute Gasteiger partial charge is 0.266 e. The molecule has 0 aliphatic carbocycles. The van der Waals surface area contributed by atoms with Crippen LogP contribution in [-0.4, -0.2) is 19.6 Å². The van der Waals surface area contributed by atoms with Crippen molar-refractivity contribution < 1.29 is 4.39 Å². The van der Waals surface area contributed by atoms with Crippen LogP contribution >= 0.6 is 11.6 Å². The maximum atomic E-state index is 13.1. The van der Waals surface area contributed by atoms with Gasteiger partial charge in [-0.15, -0.1) is 10.2 Å². The van der Waals surface area contributed by atoms with E-state index in [1.54, 1.807) is 16.7 Å². The molecule has 3 rings (SSSR count). The van der Waals surface area contributed by atoms with E-state index in [9.17, 15) is 4.39 Å².